The van der Waals surface area contributed by atoms with Gasteiger partial charge >= 0.3 is 0 Å². The molecule has 0 radical (unpaired) electrons. The van der Waals surface area contributed by atoms with E-state index in [0.29, 0.717) is 11.3 Å². The summed E-state index contributed by atoms with van der Waals surface area (Å²) < 4.78 is 32.4. The van der Waals surface area contributed by atoms with E-state index in [1.54, 1.807) is 18.2 Å². The van der Waals surface area contributed by atoms with Crippen LogP contribution in [0.5, 0.6) is 0 Å². The second-order valence-electron chi connectivity index (χ2n) is 7.45. The summed E-state index contributed by atoms with van der Waals surface area (Å²) in [5, 5.41) is 5.58. The van der Waals surface area contributed by atoms with Crippen molar-refractivity contribution in [3.05, 3.63) is 71.2 Å². The van der Waals surface area contributed by atoms with Gasteiger partial charge in [0.25, 0.3) is 5.91 Å². The van der Waals surface area contributed by atoms with Gasteiger partial charge in [0.15, 0.2) is 11.7 Å². The van der Waals surface area contributed by atoms with E-state index in [2.05, 4.69) is 15.6 Å². The van der Waals surface area contributed by atoms with Crippen molar-refractivity contribution >= 4 is 17.5 Å². The minimum Gasteiger partial charge on any atom is -0.441 e. The second-order valence-corrected chi connectivity index (χ2v) is 7.45. The van der Waals surface area contributed by atoms with E-state index in [1.165, 1.54) is 12.3 Å². The van der Waals surface area contributed by atoms with Crippen molar-refractivity contribution in [3.8, 4) is 11.3 Å². The van der Waals surface area contributed by atoms with Crippen molar-refractivity contribution in [1.29, 1.82) is 0 Å². The third kappa shape index (κ3) is 5.75. The molecule has 1 heterocycles. The molecular weight excluding hydrogens is 404 g/mol. The van der Waals surface area contributed by atoms with Crippen molar-refractivity contribution in [2.75, 3.05) is 5.32 Å². The van der Waals surface area contributed by atoms with Crippen LogP contribution < -0.4 is 10.6 Å². The normalized spacial score (nSPS) is 10.9. The maximum atomic E-state index is 13.9. The summed E-state index contributed by atoms with van der Waals surface area (Å²) in [7, 11) is 0. The molecule has 31 heavy (non-hydrogen) atoms. The van der Waals surface area contributed by atoms with Crippen LogP contribution in [0.15, 0.2) is 47.0 Å². The lowest BCUT2D eigenvalue weighted by Gasteiger charge is -2.12. The van der Waals surface area contributed by atoms with Crippen molar-refractivity contribution in [1.82, 2.24) is 10.3 Å². The molecule has 1 aromatic heterocycles. The topological polar surface area (TPSA) is 84.2 Å². The molecule has 2 amide bonds. The predicted octanol–water partition coefficient (Wildman–Crippen LogP) is 4.64. The van der Waals surface area contributed by atoms with Crippen LogP contribution in [0.1, 0.15) is 42.1 Å². The highest BCUT2D eigenvalue weighted by Gasteiger charge is 2.14. The molecular formula is C23H23F2N3O3. The largest absolute Gasteiger partial charge is 0.441 e. The summed E-state index contributed by atoms with van der Waals surface area (Å²) in [4.78, 5) is 28.7. The molecule has 0 saturated carbocycles. The van der Waals surface area contributed by atoms with Crippen molar-refractivity contribution in [2.45, 2.75) is 39.7 Å². The van der Waals surface area contributed by atoms with E-state index >= 15 is 0 Å². The summed E-state index contributed by atoms with van der Waals surface area (Å²) in [5.74, 6) is -1.51. The molecule has 162 valence electrons. The van der Waals surface area contributed by atoms with Gasteiger partial charge in [0.1, 0.15) is 11.6 Å². The van der Waals surface area contributed by atoms with E-state index in [-0.39, 0.29) is 47.9 Å². The highest BCUT2D eigenvalue weighted by atomic mass is 19.1. The number of oxazole rings is 1. The van der Waals surface area contributed by atoms with Crippen LogP contribution in [0, 0.1) is 18.6 Å². The average Bonchev–Trinajstić information content (AvgIpc) is 3.16. The number of amides is 2. The third-order valence-electron chi connectivity index (χ3n) is 4.50. The zero-order valence-electron chi connectivity index (χ0n) is 17.5. The number of nitrogens with zero attached hydrogens (tertiary/aromatic N) is 1. The molecule has 0 aliphatic rings. The number of aryl methyl sites for hydroxylation is 2. The first-order chi connectivity index (χ1) is 14.7. The van der Waals surface area contributed by atoms with E-state index in [4.69, 9.17) is 4.42 Å². The minimum absolute atomic E-state index is 0.000723. The molecule has 0 bridgehead atoms. The molecule has 0 atom stereocenters. The number of hydrogen-bond acceptors (Lipinski definition) is 4. The molecule has 3 aromatic rings. The molecule has 2 aromatic carbocycles. The Labute approximate surface area is 178 Å². The number of hydrogen-bond donors (Lipinski definition) is 2. The summed E-state index contributed by atoms with van der Waals surface area (Å²) in [5.41, 5.74) is 1.89. The third-order valence-corrected chi connectivity index (χ3v) is 4.50. The lowest BCUT2D eigenvalue weighted by Crippen LogP contribution is -2.30. The van der Waals surface area contributed by atoms with Crippen LogP contribution in [-0.4, -0.2) is 22.8 Å². The summed E-state index contributed by atoms with van der Waals surface area (Å²) in [6.45, 7) is 5.57. The zero-order valence-corrected chi connectivity index (χ0v) is 17.5. The van der Waals surface area contributed by atoms with Gasteiger partial charge < -0.3 is 15.1 Å². The SMILES string of the molecule is Cc1ccc(NC(=O)CCc2ncc(-c3ccc(F)cc3F)o2)cc1C(=O)NC(C)C. The lowest BCUT2D eigenvalue weighted by atomic mass is 10.1. The van der Waals surface area contributed by atoms with Crippen molar-refractivity contribution in [3.63, 3.8) is 0 Å². The fraction of sp³-hybridized carbons (Fsp3) is 0.261. The van der Waals surface area contributed by atoms with Crippen LogP contribution >= 0.6 is 0 Å². The van der Waals surface area contributed by atoms with Gasteiger partial charge in [-0.2, -0.15) is 0 Å². The molecule has 6 nitrogen and oxygen atoms in total. The van der Waals surface area contributed by atoms with Gasteiger partial charge in [-0.1, -0.05) is 6.07 Å². The van der Waals surface area contributed by atoms with Gasteiger partial charge in [0.2, 0.25) is 5.91 Å². The molecule has 3 rings (SSSR count). The number of rotatable bonds is 7. The number of carbonyl (C=O) groups excluding carboxylic acids is 2. The number of aromatic nitrogens is 1. The summed E-state index contributed by atoms with van der Waals surface area (Å²) >= 11 is 0. The highest BCUT2D eigenvalue weighted by molar-refractivity contribution is 5.98. The van der Waals surface area contributed by atoms with E-state index in [9.17, 15) is 18.4 Å². The molecule has 0 fully saturated rings. The Hall–Kier alpha value is -3.55. The maximum Gasteiger partial charge on any atom is 0.251 e. The molecule has 2 N–H and O–H groups in total. The number of halogens is 2. The summed E-state index contributed by atoms with van der Waals surface area (Å²) in [6.07, 6.45) is 1.61. The van der Waals surface area contributed by atoms with Gasteiger partial charge in [-0.15, -0.1) is 0 Å². The van der Waals surface area contributed by atoms with Crippen LogP contribution in [0.4, 0.5) is 14.5 Å². The maximum absolute atomic E-state index is 13.9. The Morgan fingerprint density at radius 3 is 2.61 bits per heavy atom. The standard InChI is InChI=1S/C23H23F2N3O3/c1-13(2)27-23(30)18-11-16(6-4-14(18)3)28-21(29)8-9-22-26-12-20(31-22)17-7-5-15(24)10-19(17)25/h4-7,10-13H,8-9H2,1-3H3,(H,27,30)(H,28,29). The number of anilines is 1. The lowest BCUT2D eigenvalue weighted by molar-refractivity contribution is -0.116. The number of carbonyl (C=O) groups is 2. The Kier molecular flexibility index (Phi) is 6.79. The Morgan fingerprint density at radius 2 is 1.90 bits per heavy atom. The summed E-state index contributed by atoms with van der Waals surface area (Å²) in [6, 6.07) is 8.28. The minimum atomic E-state index is -0.753. The van der Waals surface area contributed by atoms with E-state index in [0.717, 1.165) is 17.7 Å². The van der Waals surface area contributed by atoms with Gasteiger partial charge in [-0.25, -0.2) is 13.8 Å². The van der Waals surface area contributed by atoms with Gasteiger partial charge in [0, 0.05) is 36.2 Å². The van der Waals surface area contributed by atoms with Gasteiger partial charge in [-0.3, -0.25) is 9.59 Å². The Bertz CT molecular complexity index is 1110. The van der Waals surface area contributed by atoms with Crippen LogP contribution in [0.2, 0.25) is 0 Å². The predicted molar refractivity (Wildman–Crippen MR) is 113 cm³/mol. The molecule has 0 unspecified atom stereocenters. The highest BCUT2D eigenvalue weighted by Crippen LogP contribution is 2.24. The van der Waals surface area contributed by atoms with Crippen molar-refractivity contribution < 1.29 is 22.8 Å². The van der Waals surface area contributed by atoms with E-state index in [1.807, 2.05) is 20.8 Å². The average molecular weight is 427 g/mol. The van der Waals surface area contributed by atoms with Gasteiger partial charge in [-0.05, 0) is 50.6 Å². The van der Waals surface area contributed by atoms with Crippen LogP contribution in [0.3, 0.4) is 0 Å². The first-order valence-electron chi connectivity index (χ1n) is 9.84. The molecule has 8 heteroatoms. The number of benzene rings is 2. The molecule has 0 saturated heterocycles. The van der Waals surface area contributed by atoms with Gasteiger partial charge in [0.05, 0.1) is 11.8 Å². The zero-order chi connectivity index (χ0) is 22.5. The van der Waals surface area contributed by atoms with E-state index < -0.39 is 11.6 Å². The van der Waals surface area contributed by atoms with Crippen LogP contribution in [-0.2, 0) is 11.2 Å². The monoisotopic (exact) mass is 427 g/mol. The quantitative estimate of drug-likeness (QED) is 0.575. The van der Waals surface area contributed by atoms with Crippen LogP contribution in [0.25, 0.3) is 11.3 Å². The molecule has 0 aliphatic heterocycles. The second kappa shape index (κ2) is 9.51. The Morgan fingerprint density at radius 1 is 1.13 bits per heavy atom. The molecule has 0 spiro atoms. The molecule has 0 aliphatic carbocycles. The first-order valence-corrected chi connectivity index (χ1v) is 9.84. The smallest absolute Gasteiger partial charge is 0.251 e. The fourth-order valence-electron chi connectivity index (χ4n) is 2.97. The Balaban J connectivity index is 1.61. The van der Waals surface area contributed by atoms with Crippen molar-refractivity contribution in [2.24, 2.45) is 0 Å². The first kappa shape index (κ1) is 22.1. The fourth-order valence-corrected chi connectivity index (χ4v) is 2.97. The number of nitrogens with one attached hydrogen (secondary N) is 2.